The SMILES string of the molecule is CC(C)C(N)C(=O)NC(CO)C(=O)NC(CC(=O)O)C(=O)NC(C(=O)O)C(C)O. The summed E-state index contributed by atoms with van der Waals surface area (Å²) in [7, 11) is 0. The van der Waals surface area contributed by atoms with Crippen molar-refractivity contribution in [3.05, 3.63) is 0 Å². The fourth-order valence-electron chi connectivity index (χ4n) is 2.06. The molecule has 0 heterocycles. The van der Waals surface area contributed by atoms with Crippen LogP contribution in [0.3, 0.4) is 0 Å². The van der Waals surface area contributed by atoms with Crippen LogP contribution in [0.1, 0.15) is 27.2 Å². The number of carboxylic acid groups (broad SMARTS) is 2. The van der Waals surface area contributed by atoms with E-state index in [9.17, 15) is 34.2 Å². The number of aliphatic carboxylic acids is 2. The Balaban J connectivity index is 5.30. The van der Waals surface area contributed by atoms with E-state index in [4.69, 9.17) is 15.9 Å². The van der Waals surface area contributed by atoms with Crippen LogP contribution in [0, 0.1) is 5.92 Å². The highest BCUT2D eigenvalue weighted by atomic mass is 16.4. The fraction of sp³-hybridized carbons (Fsp3) is 0.688. The van der Waals surface area contributed by atoms with E-state index >= 15 is 0 Å². The molecule has 13 nitrogen and oxygen atoms in total. The van der Waals surface area contributed by atoms with Crippen molar-refractivity contribution in [2.45, 2.75) is 57.5 Å². The standard InChI is InChI=1S/C16H28N4O9/c1-6(2)11(17)15(27)19-9(5-21)14(26)18-8(4-10(23)24)13(25)20-12(7(3)22)16(28)29/h6-9,11-12,21-22H,4-5,17H2,1-3H3,(H,18,26)(H,19,27)(H,20,25)(H,23,24)(H,28,29). The van der Waals surface area contributed by atoms with Crippen LogP contribution in [0.4, 0.5) is 0 Å². The lowest BCUT2D eigenvalue weighted by Gasteiger charge is -2.24. The average molecular weight is 420 g/mol. The molecule has 0 aliphatic heterocycles. The topological polar surface area (TPSA) is 228 Å². The van der Waals surface area contributed by atoms with E-state index in [-0.39, 0.29) is 5.92 Å². The third-order valence-electron chi connectivity index (χ3n) is 3.89. The second-order valence-corrected chi connectivity index (χ2v) is 6.74. The van der Waals surface area contributed by atoms with E-state index in [0.29, 0.717) is 0 Å². The molecule has 0 saturated heterocycles. The normalized spacial score (nSPS) is 16.1. The molecule has 3 amide bonds. The van der Waals surface area contributed by atoms with Crippen molar-refractivity contribution in [3.8, 4) is 0 Å². The Morgan fingerprint density at radius 2 is 1.34 bits per heavy atom. The van der Waals surface area contributed by atoms with Crippen LogP contribution in [0.15, 0.2) is 0 Å². The summed E-state index contributed by atoms with van der Waals surface area (Å²) in [5, 5.41) is 42.8. The molecule has 166 valence electrons. The second kappa shape index (κ2) is 11.9. The monoisotopic (exact) mass is 420 g/mol. The van der Waals surface area contributed by atoms with Crippen LogP contribution in [0.25, 0.3) is 0 Å². The highest BCUT2D eigenvalue weighted by Crippen LogP contribution is 2.01. The van der Waals surface area contributed by atoms with E-state index in [1.807, 2.05) is 10.6 Å². The Kier molecular flexibility index (Phi) is 10.8. The number of carboxylic acids is 2. The van der Waals surface area contributed by atoms with Crippen LogP contribution in [-0.4, -0.2) is 87.0 Å². The quantitative estimate of drug-likeness (QED) is 0.154. The third kappa shape index (κ3) is 8.85. The van der Waals surface area contributed by atoms with Crippen molar-refractivity contribution in [2.75, 3.05) is 6.61 Å². The van der Waals surface area contributed by atoms with Crippen molar-refractivity contribution in [1.29, 1.82) is 0 Å². The van der Waals surface area contributed by atoms with Crippen LogP contribution >= 0.6 is 0 Å². The summed E-state index contributed by atoms with van der Waals surface area (Å²) in [4.78, 5) is 58.5. The van der Waals surface area contributed by atoms with E-state index in [1.165, 1.54) is 0 Å². The van der Waals surface area contributed by atoms with Crippen molar-refractivity contribution >= 4 is 29.7 Å². The Morgan fingerprint density at radius 1 is 0.862 bits per heavy atom. The van der Waals surface area contributed by atoms with Gasteiger partial charge in [0.05, 0.1) is 25.2 Å². The zero-order chi connectivity index (χ0) is 22.9. The first-order chi connectivity index (χ1) is 13.3. The molecule has 9 N–H and O–H groups in total. The van der Waals surface area contributed by atoms with Gasteiger partial charge in [-0.2, -0.15) is 0 Å². The number of hydrogen-bond donors (Lipinski definition) is 8. The Morgan fingerprint density at radius 3 is 1.72 bits per heavy atom. The number of rotatable bonds is 12. The van der Waals surface area contributed by atoms with Gasteiger partial charge in [0.15, 0.2) is 6.04 Å². The van der Waals surface area contributed by atoms with E-state index in [0.717, 1.165) is 6.92 Å². The van der Waals surface area contributed by atoms with Gasteiger partial charge in [0.2, 0.25) is 17.7 Å². The van der Waals surface area contributed by atoms with Gasteiger partial charge in [-0.25, -0.2) is 4.79 Å². The fourth-order valence-corrected chi connectivity index (χ4v) is 2.06. The summed E-state index contributed by atoms with van der Waals surface area (Å²) < 4.78 is 0. The zero-order valence-corrected chi connectivity index (χ0v) is 16.3. The van der Waals surface area contributed by atoms with Gasteiger partial charge in [0.1, 0.15) is 12.1 Å². The first-order valence-corrected chi connectivity index (χ1v) is 8.72. The first kappa shape index (κ1) is 26.2. The summed E-state index contributed by atoms with van der Waals surface area (Å²) in [5.41, 5.74) is 5.64. The van der Waals surface area contributed by atoms with Gasteiger partial charge in [-0.15, -0.1) is 0 Å². The molecule has 0 fully saturated rings. The highest BCUT2D eigenvalue weighted by Gasteiger charge is 2.33. The van der Waals surface area contributed by atoms with Gasteiger partial charge in [0, 0.05) is 0 Å². The molecule has 0 aliphatic rings. The lowest BCUT2D eigenvalue weighted by Crippen LogP contribution is -2.59. The summed E-state index contributed by atoms with van der Waals surface area (Å²) in [6.07, 6.45) is -2.42. The summed E-state index contributed by atoms with van der Waals surface area (Å²) in [6, 6.07) is -5.97. The Labute approximate surface area is 166 Å². The molecule has 0 aliphatic carbocycles. The highest BCUT2D eigenvalue weighted by molar-refractivity contribution is 5.95. The zero-order valence-electron chi connectivity index (χ0n) is 16.3. The smallest absolute Gasteiger partial charge is 0.328 e. The number of amides is 3. The van der Waals surface area contributed by atoms with Gasteiger partial charge in [-0.1, -0.05) is 13.8 Å². The molecular weight excluding hydrogens is 392 g/mol. The summed E-state index contributed by atoms with van der Waals surface area (Å²) in [5.74, 6) is -6.33. The van der Waals surface area contributed by atoms with E-state index < -0.39 is 73.0 Å². The number of carbonyl (C=O) groups excluding carboxylic acids is 3. The maximum Gasteiger partial charge on any atom is 0.328 e. The number of aliphatic hydroxyl groups excluding tert-OH is 2. The number of nitrogens with two attached hydrogens (primary N) is 1. The van der Waals surface area contributed by atoms with Crippen molar-refractivity contribution in [3.63, 3.8) is 0 Å². The Bertz CT molecular complexity index is 624. The molecule has 0 bridgehead atoms. The van der Waals surface area contributed by atoms with Crippen LogP contribution in [-0.2, 0) is 24.0 Å². The minimum Gasteiger partial charge on any atom is -0.481 e. The van der Waals surface area contributed by atoms with Crippen LogP contribution in [0.5, 0.6) is 0 Å². The third-order valence-corrected chi connectivity index (χ3v) is 3.89. The van der Waals surface area contributed by atoms with E-state index in [2.05, 4.69) is 5.32 Å². The first-order valence-electron chi connectivity index (χ1n) is 8.72. The summed E-state index contributed by atoms with van der Waals surface area (Å²) >= 11 is 0. The van der Waals surface area contributed by atoms with Gasteiger partial charge >= 0.3 is 11.9 Å². The minimum absolute atomic E-state index is 0.267. The van der Waals surface area contributed by atoms with E-state index in [1.54, 1.807) is 13.8 Å². The van der Waals surface area contributed by atoms with Gasteiger partial charge < -0.3 is 42.1 Å². The number of aliphatic hydroxyl groups is 2. The average Bonchev–Trinajstić information content (AvgIpc) is 2.61. The summed E-state index contributed by atoms with van der Waals surface area (Å²) in [6.45, 7) is 3.55. The molecule has 0 radical (unpaired) electrons. The molecule has 29 heavy (non-hydrogen) atoms. The number of nitrogens with one attached hydrogen (secondary N) is 3. The molecule has 13 heteroatoms. The number of carbonyl (C=O) groups is 5. The van der Waals surface area contributed by atoms with Crippen molar-refractivity contribution in [1.82, 2.24) is 16.0 Å². The van der Waals surface area contributed by atoms with Crippen LogP contribution < -0.4 is 21.7 Å². The molecule has 0 aromatic heterocycles. The largest absolute Gasteiger partial charge is 0.481 e. The second-order valence-electron chi connectivity index (χ2n) is 6.74. The molecule has 5 atom stereocenters. The maximum atomic E-state index is 12.3. The maximum absolute atomic E-state index is 12.3. The van der Waals surface area contributed by atoms with Crippen molar-refractivity contribution in [2.24, 2.45) is 11.7 Å². The lowest BCUT2D eigenvalue weighted by molar-refractivity contribution is -0.146. The lowest BCUT2D eigenvalue weighted by atomic mass is 10.0. The molecule has 0 aromatic carbocycles. The predicted octanol–water partition coefficient (Wildman–Crippen LogP) is -3.64. The van der Waals surface area contributed by atoms with Crippen molar-refractivity contribution < 1.29 is 44.4 Å². The molecule has 0 saturated carbocycles. The van der Waals surface area contributed by atoms with Gasteiger partial charge in [0.25, 0.3) is 0 Å². The molecule has 0 rings (SSSR count). The van der Waals surface area contributed by atoms with Crippen LogP contribution in [0.2, 0.25) is 0 Å². The molecule has 5 unspecified atom stereocenters. The molecule has 0 spiro atoms. The van der Waals surface area contributed by atoms with Gasteiger partial charge in [-0.05, 0) is 12.8 Å². The number of hydrogen-bond acceptors (Lipinski definition) is 8. The van der Waals surface area contributed by atoms with Gasteiger partial charge in [-0.3, -0.25) is 19.2 Å². The predicted molar refractivity (Wildman–Crippen MR) is 97.3 cm³/mol. The Hall–Kier alpha value is -2.77. The minimum atomic E-state index is -1.74. The molecule has 0 aromatic rings. The molecular formula is C16H28N4O9.